The number of carbonyl (C=O) groups is 2. The number of nitrogens with one attached hydrogen (secondary N) is 1. The van der Waals surface area contributed by atoms with Gasteiger partial charge in [-0.25, -0.2) is 4.79 Å². The van der Waals surface area contributed by atoms with Gasteiger partial charge in [-0.15, -0.1) is 0 Å². The molecule has 1 unspecified atom stereocenters. The first kappa shape index (κ1) is 13.1. The molecule has 0 aromatic heterocycles. The number of aliphatic hydroxyl groups is 1. The Balaban J connectivity index is 1.96. The highest BCUT2D eigenvalue weighted by Crippen LogP contribution is 2.33. The predicted octanol–water partition coefficient (Wildman–Crippen LogP) is 0.550. The van der Waals surface area contributed by atoms with E-state index in [1.807, 2.05) is 0 Å². The van der Waals surface area contributed by atoms with Crippen molar-refractivity contribution in [2.75, 3.05) is 13.1 Å². The Morgan fingerprint density at radius 1 is 1.33 bits per heavy atom. The van der Waals surface area contributed by atoms with E-state index in [4.69, 9.17) is 5.11 Å². The van der Waals surface area contributed by atoms with Crippen molar-refractivity contribution < 1.29 is 19.8 Å². The maximum absolute atomic E-state index is 12.0. The lowest BCUT2D eigenvalue weighted by Gasteiger charge is -2.31. The number of likely N-dealkylation sites (tertiary alicyclic amines) is 1. The van der Waals surface area contributed by atoms with Crippen molar-refractivity contribution in [3.8, 4) is 0 Å². The highest BCUT2D eigenvalue weighted by Gasteiger charge is 2.39. The molecule has 1 saturated heterocycles. The second-order valence-electron chi connectivity index (χ2n) is 5.38. The average molecular weight is 256 g/mol. The van der Waals surface area contributed by atoms with Gasteiger partial charge >= 0.3 is 12.0 Å². The number of carboxylic acids is 1. The van der Waals surface area contributed by atoms with Crippen LogP contribution in [0, 0.1) is 0 Å². The minimum atomic E-state index is -0.876. The molecule has 1 heterocycles. The molecule has 6 nitrogen and oxygen atoms in total. The highest BCUT2D eigenvalue weighted by molar-refractivity contribution is 5.77. The molecular weight excluding hydrogens is 236 g/mol. The van der Waals surface area contributed by atoms with Crippen molar-refractivity contribution in [1.82, 2.24) is 10.2 Å². The molecule has 18 heavy (non-hydrogen) atoms. The van der Waals surface area contributed by atoms with Gasteiger partial charge in [0.2, 0.25) is 0 Å². The fourth-order valence-electron chi connectivity index (χ4n) is 2.92. The molecule has 1 aliphatic carbocycles. The van der Waals surface area contributed by atoms with E-state index in [0.29, 0.717) is 19.5 Å². The van der Waals surface area contributed by atoms with Crippen LogP contribution in [-0.2, 0) is 4.79 Å². The molecule has 0 aromatic carbocycles. The number of urea groups is 1. The Labute approximate surface area is 106 Å². The number of nitrogens with zero attached hydrogens (tertiary/aromatic N) is 1. The van der Waals surface area contributed by atoms with Crippen molar-refractivity contribution in [2.24, 2.45) is 0 Å². The van der Waals surface area contributed by atoms with Crippen LogP contribution in [-0.4, -0.2) is 51.8 Å². The Hall–Kier alpha value is -1.30. The molecule has 6 heteroatoms. The third-order valence-corrected chi connectivity index (χ3v) is 3.87. The van der Waals surface area contributed by atoms with E-state index in [1.54, 1.807) is 4.90 Å². The van der Waals surface area contributed by atoms with Crippen LogP contribution in [0.2, 0.25) is 0 Å². The maximum Gasteiger partial charge on any atom is 0.317 e. The smallest absolute Gasteiger partial charge is 0.317 e. The molecule has 1 atom stereocenters. The van der Waals surface area contributed by atoms with Crippen LogP contribution in [0.25, 0.3) is 0 Å². The third-order valence-electron chi connectivity index (χ3n) is 3.87. The molecule has 3 N–H and O–H groups in total. The van der Waals surface area contributed by atoms with Gasteiger partial charge in [-0.3, -0.25) is 4.79 Å². The van der Waals surface area contributed by atoms with E-state index < -0.39 is 17.6 Å². The fourth-order valence-corrected chi connectivity index (χ4v) is 2.92. The molecule has 1 saturated carbocycles. The Morgan fingerprint density at radius 2 is 2.00 bits per heavy atom. The SMILES string of the molecule is O=C(O)CC1(NC(=O)N2CCC(O)C2)CCCC1. The predicted molar refractivity (Wildman–Crippen MR) is 64.2 cm³/mol. The Bertz CT molecular complexity index is 339. The second kappa shape index (κ2) is 5.14. The summed E-state index contributed by atoms with van der Waals surface area (Å²) in [5.41, 5.74) is -0.587. The van der Waals surface area contributed by atoms with E-state index in [9.17, 15) is 14.7 Å². The quantitative estimate of drug-likeness (QED) is 0.688. The molecule has 0 aromatic rings. The summed E-state index contributed by atoms with van der Waals surface area (Å²) in [4.78, 5) is 24.5. The fraction of sp³-hybridized carbons (Fsp3) is 0.833. The lowest BCUT2D eigenvalue weighted by molar-refractivity contribution is -0.138. The summed E-state index contributed by atoms with van der Waals surface area (Å²) in [6.07, 6.45) is 3.48. The van der Waals surface area contributed by atoms with Crippen LogP contribution < -0.4 is 5.32 Å². The number of aliphatic carboxylic acids is 1. The van der Waals surface area contributed by atoms with Crippen LogP contribution in [0.4, 0.5) is 4.79 Å². The second-order valence-corrected chi connectivity index (χ2v) is 5.38. The van der Waals surface area contributed by atoms with Crippen LogP contribution in [0.1, 0.15) is 38.5 Å². The first-order valence-corrected chi connectivity index (χ1v) is 6.48. The largest absolute Gasteiger partial charge is 0.481 e. The first-order valence-electron chi connectivity index (χ1n) is 6.48. The van der Waals surface area contributed by atoms with Crippen LogP contribution in [0.5, 0.6) is 0 Å². The molecular formula is C12H20N2O4. The van der Waals surface area contributed by atoms with E-state index in [0.717, 1.165) is 25.7 Å². The summed E-state index contributed by atoms with van der Waals surface area (Å²) in [5.74, 6) is -0.876. The van der Waals surface area contributed by atoms with Gasteiger partial charge in [0.15, 0.2) is 0 Å². The minimum Gasteiger partial charge on any atom is -0.481 e. The summed E-state index contributed by atoms with van der Waals surface area (Å²) in [6.45, 7) is 0.880. The first-order chi connectivity index (χ1) is 8.51. The summed E-state index contributed by atoms with van der Waals surface area (Å²) < 4.78 is 0. The maximum atomic E-state index is 12.0. The lowest BCUT2D eigenvalue weighted by atomic mass is 9.93. The van der Waals surface area contributed by atoms with E-state index in [2.05, 4.69) is 5.32 Å². The van der Waals surface area contributed by atoms with Gasteiger partial charge in [-0.05, 0) is 19.3 Å². The van der Waals surface area contributed by atoms with Gasteiger partial charge in [-0.1, -0.05) is 12.8 Å². The number of β-amino-alcohol motifs (C(OH)–C–C–N with tert-alkyl or cyclic N) is 1. The number of aliphatic hydroxyl groups excluding tert-OH is 1. The zero-order chi connectivity index (χ0) is 13.2. The van der Waals surface area contributed by atoms with E-state index >= 15 is 0 Å². The van der Waals surface area contributed by atoms with Crippen molar-refractivity contribution >= 4 is 12.0 Å². The van der Waals surface area contributed by atoms with Crippen molar-refractivity contribution in [2.45, 2.75) is 50.2 Å². The molecule has 0 spiro atoms. The summed E-state index contributed by atoms with van der Waals surface area (Å²) >= 11 is 0. The van der Waals surface area contributed by atoms with E-state index in [1.165, 1.54) is 0 Å². The van der Waals surface area contributed by atoms with Gasteiger partial charge in [0.05, 0.1) is 18.1 Å². The number of hydrogen-bond acceptors (Lipinski definition) is 3. The van der Waals surface area contributed by atoms with Crippen molar-refractivity contribution in [3.63, 3.8) is 0 Å². The third kappa shape index (κ3) is 2.93. The lowest BCUT2D eigenvalue weighted by Crippen LogP contribution is -2.52. The minimum absolute atomic E-state index is 0.0187. The van der Waals surface area contributed by atoms with Gasteiger partial charge in [0, 0.05) is 13.1 Å². The molecule has 0 radical (unpaired) electrons. The van der Waals surface area contributed by atoms with Crippen LogP contribution in [0.3, 0.4) is 0 Å². The Kier molecular flexibility index (Phi) is 3.75. The standard InChI is InChI=1S/C12H20N2O4/c15-9-3-6-14(8-9)11(18)13-12(7-10(16)17)4-1-2-5-12/h9,15H,1-8H2,(H,13,18)(H,16,17). The molecule has 2 fully saturated rings. The molecule has 102 valence electrons. The number of carboxylic acid groups (broad SMARTS) is 1. The van der Waals surface area contributed by atoms with Gasteiger partial charge < -0.3 is 20.4 Å². The summed E-state index contributed by atoms with van der Waals surface area (Å²) in [5, 5.41) is 21.2. The molecule has 0 bridgehead atoms. The summed E-state index contributed by atoms with van der Waals surface area (Å²) in [7, 11) is 0. The van der Waals surface area contributed by atoms with E-state index in [-0.39, 0.29) is 12.5 Å². The number of carbonyl (C=O) groups excluding carboxylic acids is 1. The van der Waals surface area contributed by atoms with Crippen LogP contribution in [0.15, 0.2) is 0 Å². The zero-order valence-corrected chi connectivity index (χ0v) is 10.4. The normalized spacial score (nSPS) is 26.3. The number of amides is 2. The van der Waals surface area contributed by atoms with Crippen molar-refractivity contribution in [1.29, 1.82) is 0 Å². The Morgan fingerprint density at radius 3 is 2.50 bits per heavy atom. The zero-order valence-electron chi connectivity index (χ0n) is 10.4. The van der Waals surface area contributed by atoms with Gasteiger partial charge in [0.25, 0.3) is 0 Å². The number of rotatable bonds is 3. The molecule has 2 amide bonds. The van der Waals surface area contributed by atoms with Crippen LogP contribution >= 0.6 is 0 Å². The number of hydrogen-bond donors (Lipinski definition) is 3. The van der Waals surface area contributed by atoms with Crippen molar-refractivity contribution in [3.05, 3.63) is 0 Å². The molecule has 1 aliphatic heterocycles. The molecule has 2 rings (SSSR count). The van der Waals surface area contributed by atoms with Gasteiger partial charge in [0.1, 0.15) is 0 Å². The topological polar surface area (TPSA) is 89.9 Å². The summed E-state index contributed by atoms with van der Waals surface area (Å²) in [6, 6.07) is -0.241. The monoisotopic (exact) mass is 256 g/mol. The highest BCUT2D eigenvalue weighted by atomic mass is 16.4. The average Bonchev–Trinajstić information content (AvgIpc) is 2.87. The molecule has 2 aliphatic rings. The van der Waals surface area contributed by atoms with Gasteiger partial charge in [-0.2, -0.15) is 0 Å².